The Morgan fingerprint density at radius 3 is 1.38 bits per heavy atom. The molecule has 0 spiro atoms. The van der Waals surface area contributed by atoms with Gasteiger partial charge in [0.05, 0.1) is 21.8 Å². The van der Waals surface area contributed by atoms with Gasteiger partial charge in [-0.1, -0.05) is 127 Å². The third-order valence-electron chi connectivity index (χ3n) is 8.60. The maximum Gasteiger partial charge on any atom is 0.0640 e. The smallest absolute Gasteiger partial charge is 0.0640 e. The normalized spacial score (nSPS) is 11.8. The molecule has 0 N–H and O–H groups in total. The summed E-state index contributed by atoms with van der Waals surface area (Å²) in [6, 6.07) is 55.6. The summed E-state index contributed by atoms with van der Waals surface area (Å²) in [6.45, 7) is 0. The predicted octanol–water partition coefficient (Wildman–Crippen LogP) is 12.1. The lowest BCUT2D eigenvalue weighted by molar-refractivity contribution is 1.34. The molecular formula is C40H25NS. The molecule has 0 saturated heterocycles. The Kier molecular flexibility index (Phi) is 5.13. The molecule has 0 saturated carbocycles. The monoisotopic (exact) mass is 551 g/mol. The zero-order chi connectivity index (χ0) is 27.6. The van der Waals surface area contributed by atoms with Crippen molar-refractivity contribution in [3.63, 3.8) is 0 Å². The summed E-state index contributed by atoms with van der Waals surface area (Å²) < 4.78 is 2.61. The van der Waals surface area contributed by atoms with Crippen molar-refractivity contribution in [1.82, 2.24) is 0 Å². The SMILES string of the molecule is c1ccc2c(c1)cc(N(c1cc3ccccc3c3ccccc13)c1cccc3c1sc1ccccc13)c1ccccc12. The quantitative estimate of drug-likeness (QED) is 0.197. The van der Waals surface area contributed by atoms with Gasteiger partial charge >= 0.3 is 0 Å². The Balaban J connectivity index is 1.48. The molecular weight excluding hydrogens is 527 g/mol. The average molecular weight is 552 g/mol. The molecule has 1 nitrogen and oxygen atoms in total. The second-order valence-corrected chi connectivity index (χ2v) is 12.0. The van der Waals surface area contributed by atoms with Gasteiger partial charge in [0, 0.05) is 26.2 Å². The summed E-state index contributed by atoms with van der Waals surface area (Å²) in [7, 11) is 0. The van der Waals surface area contributed by atoms with Crippen molar-refractivity contribution >= 4 is 91.7 Å². The summed E-state index contributed by atoms with van der Waals surface area (Å²) >= 11 is 1.88. The fourth-order valence-corrected chi connectivity index (χ4v) is 7.94. The van der Waals surface area contributed by atoms with E-state index in [0.29, 0.717) is 0 Å². The van der Waals surface area contributed by atoms with Crippen LogP contribution in [-0.2, 0) is 0 Å². The van der Waals surface area contributed by atoms with Crippen molar-refractivity contribution < 1.29 is 0 Å². The van der Waals surface area contributed by atoms with Gasteiger partial charge in [-0.3, -0.25) is 0 Å². The molecule has 1 aromatic heterocycles. The van der Waals surface area contributed by atoms with Gasteiger partial charge in [-0.05, 0) is 56.6 Å². The molecule has 8 aromatic carbocycles. The highest BCUT2D eigenvalue weighted by Crippen LogP contribution is 2.49. The minimum absolute atomic E-state index is 1.19. The minimum atomic E-state index is 1.19. The van der Waals surface area contributed by atoms with E-state index < -0.39 is 0 Å². The van der Waals surface area contributed by atoms with Crippen LogP contribution < -0.4 is 4.90 Å². The first kappa shape index (κ1) is 23.5. The Hall–Kier alpha value is -5.18. The van der Waals surface area contributed by atoms with Gasteiger partial charge in [0.1, 0.15) is 0 Å². The van der Waals surface area contributed by atoms with Crippen LogP contribution in [-0.4, -0.2) is 0 Å². The van der Waals surface area contributed by atoms with Crippen LogP contribution >= 0.6 is 11.3 Å². The van der Waals surface area contributed by atoms with E-state index >= 15 is 0 Å². The van der Waals surface area contributed by atoms with Gasteiger partial charge < -0.3 is 4.90 Å². The molecule has 0 amide bonds. The van der Waals surface area contributed by atoms with Gasteiger partial charge in [0.2, 0.25) is 0 Å². The number of nitrogens with zero attached hydrogens (tertiary/aromatic N) is 1. The zero-order valence-electron chi connectivity index (χ0n) is 22.8. The van der Waals surface area contributed by atoms with Gasteiger partial charge in [-0.25, -0.2) is 0 Å². The van der Waals surface area contributed by atoms with E-state index in [-0.39, 0.29) is 0 Å². The van der Waals surface area contributed by atoms with Crippen LogP contribution in [0.25, 0.3) is 63.3 Å². The minimum Gasteiger partial charge on any atom is -0.308 e. The number of benzene rings is 8. The Labute approximate surface area is 247 Å². The second-order valence-electron chi connectivity index (χ2n) is 10.9. The lowest BCUT2D eigenvalue weighted by Gasteiger charge is -2.29. The molecule has 196 valence electrons. The van der Waals surface area contributed by atoms with Crippen LogP contribution in [0.15, 0.2) is 152 Å². The summed E-state index contributed by atoms with van der Waals surface area (Å²) in [5, 5.41) is 12.7. The van der Waals surface area contributed by atoms with E-state index in [1.807, 2.05) is 11.3 Å². The van der Waals surface area contributed by atoms with Gasteiger partial charge in [-0.15, -0.1) is 11.3 Å². The first-order valence-electron chi connectivity index (χ1n) is 14.4. The number of anilines is 3. The maximum absolute atomic E-state index is 2.53. The van der Waals surface area contributed by atoms with Crippen molar-refractivity contribution in [3.8, 4) is 0 Å². The molecule has 2 heteroatoms. The molecule has 42 heavy (non-hydrogen) atoms. The average Bonchev–Trinajstić information content (AvgIpc) is 3.44. The topological polar surface area (TPSA) is 3.24 Å². The standard InChI is InChI=1S/C40H25NS/c1-3-14-28-26(12-1)24-37(32-18-7-5-16-30(28)32)41(36-22-11-21-35-34-20-9-10-23-39(34)42-40(35)36)38-25-27-13-2-4-15-29(27)31-17-6-8-19-33(31)38/h1-25H. The molecule has 9 rings (SSSR count). The summed E-state index contributed by atoms with van der Waals surface area (Å²) in [6.07, 6.45) is 0. The van der Waals surface area contributed by atoms with E-state index in [2.05, 4.69) is 157 Å². The maximum atomic E-state index is 2.53. The first-order chi connectivity index (χ1) is 20.8. The van der Waals surface area contributed by atoms with Crippen LogP contribution in [0, 0.1) is 0 Å². The van der Waals surface area contributed by atoms with Crippen molar-refractivity contribution in [1.29, 1.82) is 0 Å². The van der Waals surface area contributed by atoms with Crippen LogP contribution in [0.2, 0.25) is 0 Å². The molecule has 0 radical (unpaired) electrons. The van der Waals surface area contributed by atoms with Crippen LogP contribution in [0.4, 0.5) is 17.1 Å². The highest BCUT2D eigenvalue weighted by Gasteiger charge is 2.23. The Bertz CT molecular complexity index is 2370. The molecule has 0 aliphatic rings. The number of hydrogen-bond donors (Lipinski definition) is 0. The van der Waals surface area contributed by atoms with Crippen LogP contribution in [0.5, 0.6) is 0 Å². The summed E-state index contributed by atoms with van der Waals surface area (Å²) in [5.41, 5.74) is 3.58. The van der Waals surface area contributed by atoms with Crippen molar-refractivity contribution in [2.45, 2.75) is 0 Å². The lowest BCUT2D eigenvalue weighted by atomic mass is 9.96. The lowest BCUT2D eigenvalue weighted by Crippen LogP contribution is -2.11. The first-order valence-corrected chi connectivity index (χ1v) is 15.2. The van der Waals surface area contributed by atoms with E-state index in [0.717, 1.165) is 0 Å². The van der Waals surface area contributed by atoms with Crippen LogP contribution in [0.1, 0.15) is 0 Å². The van der Waals surface area contributed by atoms with E-state index in [1.54, 1.807) is 0 Å². The number of rotatable bonds is 3. The highest BCUT2D eigenvalue weighted by molar-refractivity contribution is 7.26. The molecule has 0 bridgehead atoms. The number of thiophene rings is 1. The van der Waals surface area contributed by atoms with E-state index in [1.165, 1.54) is 80.3 Å². The largest absolute Gasteiger partial charge is 0.308 e. The predicted molar refractivity (Wildman–Crippen MR) is 184 cm³/mol. The van der Waals surface area contributed by atoms with Gasteiger partial charge in [0.15, 0.2) is 0 Å². The van der Waals surface area contributed by atoms with E-state index in [9.17, 15) is 0 Å². The highest BCUT2D eigenvalue weighted by atomic mass is 32.1. The van der Waals surface area contributed by atoms with Crippen LogP contribution in [0.3, 0.4) is 0 Å². The third-order valence-corrected chi connectivity index (χ3v) is 9.81. The number of hydrogen-bond acceptors (Lipinski definition) is 2. The number of fused-ring (bicyclic) bond motifs is 9. The fraction of sp³-hybridized carbons (Fsp3) is 0. The fourth-order valence-electron chi connectivity index (χ4n) is 6.74. The van der Waals surface area contributed by atoms with Crippen molar-refractivity contribution in [2.24, 2.45) is 0 Å². The zero-order valence-corrected chi connectivity index (χ0v) is 23.6. The molecule has 0 aliphatic heterocycles. The molecule has 0 unspecified atom stereocenters. The summed E-state index contributed by atoms with van der Waals surface area (Å²) in [5.74, 6) is 0. The Morgan fingerprint density at radius 1 is 0.333 bits per heavy atom. The molecule has 9 aromatic rings. The third kappa shape index (κ3) is 3.43. The Morgan fingerprint density at radius 2 is 0.786 bits per heavy atom. The van der Waals surface area contributed by atoms with Gasteiger partial charge in [0.25, 0.3) is 0 Å². The van der Waals surface area contributed by atoms with Crippen molar-refractivity contribution in [3.05, 3.63) is 152 Å². The van der Waals surface area contributed by atoms with Crippen molar-refractivity contribution in [2.75, 3.05) is 4.90 Å². The molecule has 0 aliphatic carbocycles. The van der Waals surface area contributed by atoms with Gasteiger partial charge in [-0.2, -0.15) is 0 Å². The molecule has 1 heterocycles. The second kappa shape index (κ2) is 9.17. The van der Waals surface area contributed by atoms with E-state index in [4.69, 9.17) is 0 Å². The summed E-state index contributed by atoms with van der Waals surface area (Å²) in [4.78, 5) is 2.53. The molecule has 0 fully saturated rings. The molecule has 0 atom stereocenters.